The molecule has 1 aromatic heterocycles. The third-order valence-corrected chi connectivity index (χ3v) is 4.28. The van der Waals surface area contributed by atoms with Crippen LogP contribution in [0.15, 0.2) is 24.3 Å². The quantitative estimate of drug-likeness (QED) is 0.917. The lowest BCUT2D eigenvalue weighted by Crippen LogP contribution is -2.29. The van der Waals surface area contributed by atoms with E-state index in [0.29, 0.717) is 6.54 Å². The number of hydrogen-bond donors (Lipinski definition) is 1. The van der Waals surface area contributed by atoms with E-state index in [4.69, 9.17) is 5.73 Å². The summed E-state index contributed by atoms with van der Waals surface area (Å²) in [6.07, 6.45) is 4.09. The molecule has 2 heterocycles. The van der Waals surface area contributed by atoms with Gasteiger partial charge < -0.3 is 10.3 Å². The Morgan fingerprint density at radius 1 is 1.11 bits per heavy atom. The summed E-state index contributed by atoms with van der Waals surface area (Å²) in [5, 5.41) is 1.33. The van der Waals surface area contributed by atoms with E-state index >= 15 is 0 Å². The molecule has 2 N–H and O–H groups in total. The Balaban J connectivity index is 1.88. The minimum absolute atomic E-state index is 0.614. The molecule has 19 heavy (non-hydrogen) atoms. The van der Waals surface area contributed by atoms with Gasteiger partial charge in [0.05, 0.1) is 0 Å². The first-order chi connectivity index (χ1) is 9.28. The smallest absolute Gasteiger partial charge is 0.0483 e. The van der Waals surface area contributed by atoms with Crippen LogP contribution in [0, 0.1) is 0 Å². The minimum atomic E-state index is 0.614. The second-order valence-electron chi connectivity index (χ2n) is 5.63. The van der Waals surface area contributed by atoms with Crippen LogP contribution in [0.2, 0.25) is 0 Å². The number of piperidine rings is 1. The van der Waals surface area contributed by atoms with Crippen LogP contribution >= 0.6 is 0 Å². The van der Waals surface area contributed by atoms with Crippen LogP contribution in [0.3, 0.4) is 0 Å². The van der Waals surface area contributed by atoms with E-state index < -0.39 is 0 Å². The van der Waals surface area contributed by atoms with Gasteiger partial charge >= 0.3 is 0 Å². The molecular formula is C16H23N3. The topological polar surface area (TPSA) is 34.2 Å². The van der Waals surface area contributed by atoms with Crippen LogP contribution in [0.25, 0.3) is 10.9 Å². The molecule has 1 fully saturated rings. The molecule has 0 atom stereocenters. The summed E-state index contributed by atoms with van der Waals surface area (Å²) in [6.45, 7) is 4.18. The standard InChI is InChI=1S/C16H23N3/c1-18-15(12-19-7-3-2-4-8-19)10-14-6-5-13(11-17)9-16(14)18/h5-6,9-10H,2-4,7-8,11-12,17H2,1H3. The molecule has 0 saturated carbocycles. The van der Waals surface area contributed by atoms with Gasteiger partial charge in [-0.2, -0.15) is 0 Å². The van der Waals surface area contributed by atoms with Crippen LogP contribution < -0.4 is 5.73 Å². The highest BCUT2D eigenvalue weighted by atomic mass is 15.1. The molecule has 0 amide bonds. The first-order valence-corrected chi connectivity index (χ1v) is 7.27. The summed E-state index contributed by atoms with van der Waals surface area (Å²) in [6, 6.07) is 8.86. The Morgan fingerprint density at radius 3 is 2.63 bits per heavy atom. The van der Waals surface area contributed by atoms with Crippen molar-refractivity contribution in [2.45, 2.75) is 32.4 Å². The second kappa shape index (κ2) is 5.35. The molecule has 0 spiro atoms. The molecular weight excluding hydrogens is 234 g/mol. The van der Waals surface area contributed by atoms with Crippen molar-refractivity contribution in [1.82, 2.24) is 9.47 Å². The Labute approximate surface area is 115 Å². The van der Waals surface area contributed by atoms with Gasteiger partial charge in [0, 0.05) is 31.3 Å². The predicted molar refractivity (Wildman–Crippen MR) is 79.9 cm³/mol. The fourth-order valence-electron chi connectivity index (χ4n) is 3.06. The molecule has 0 unspecified atom stereocenters. The van der Waals surface area contributed by atoms with Crippen molar-refractivity contribution < 1.29 is 0 Å². The lowest BCUT2D eigenvalue weighted by Gasteiger charge is -2.26. The van der Waals surface area contributed by atoms with Crippen molar-refractivity contribution in [2.75, 3.05) is 13.1 Å². The molecule has 0 radical (unpaired) electrons. The number of hydrogen-bond acceptors (Lipinski definition) is 2. The molecule has 0 aliphatic carbocycles. The molecule has 3 heteroatoms. The molecule has 3 rings (SSSR count). The third-order valence-electron chi connectivity index (χ3n) is 4.28. The highest BCUT2D eigenvalue weighted by Crippen LogP contribution is 2.22. The maximum Gasteiger partial charge on any atom is 0.0483 e. The second-order valence-corrected chi connectivity index (χ2v) is 5.63. The highest BCUT2D eigenvalue weighted by Gasteiger charge is 2.13. The lowest BCUT2D eigenvalue weighted by molar-refractivity contribution is 0.217. The van der Waals surface area contributed by atoms with Gasteiger partial charge in [-0.05, 0) is 49.0 Å². The first-order valence-electron chi connectivity index (χ1n) is 7.27. The molecule has 0 bridgehead atoms. The number of rotatable bonds is 3. The maximum atomic E-state index is 5.73. The van der Waals surface area contributed by atoms with Crippen LogP contribution in [0.1, 0.15) is 30.5 Å². The number of fused-ring (bicyclic) bond motifs is 1. The van der Waals surface area contributed by atoms with E-state index in [1.54, 1.807) is 0 Å². The van der Waals surface area contributed by atoms with E-state index in [1.165, 1.54) is 54.5 Å². The maximum absolute atomic E-state index is 5.73. The summed E-state index contributed by atoms with van der Waals surface area (Å²) >= 11 is 0. The number of nitrogens with zero attached hydrogens (tertiary/aromatic N) is 2. The normalized spacial score (nSPS) is 17.2. The summed E-state index contributed by atoms with van der Waals surface area (Å²) in [5.41, 5.74) is 9.65. The van der Waals surface area contributed by atoms with Crippen molar-refractivity contribution in [2.24, 2.45) is 12.8 Å². The van der Waals surface area contributed by atoms with E-state index in [9.17, 15) is 0 Å². The zero-order valence-electron chi connectivity index (χ0n) is 11.7. The fourth-order valence-corrected chi connectivity index (χ4v) is 3.06. The van der Waals surface area contributed by atoms with E-state index in [1.807, 2.05) is 0 Å². The van der Waals surface area contributed by atoms with E-state index in [-0.39, 0.29) is 0 Å². The fraction of sp³-hybridized carbons (Fsp3) is 0.500. The van der Waals surface area contributed by atoms with E-state index in [0.717, 1.165) is 6.54 Å². The Morgan fingerprint density at radius 2 is 1.89 bits per heavy atom. The van der Waals surface area contributed by atoms with Crippen LogP contribution in [-0.4, -0.2) is 22.6 Å². The molecule has 2 aromatic rings. The zero-order valence-corrected chi connectivity index (χ0v) is 11.7. The average Bonchev–Trinajstić information content (AvgIpc) is 2.76. The SMILES string of the molecule is Cn1c(CN2CCCCC2)cc2ccc(CN)cc21. The van der Waals surface area contributed by atoms with Gasteiger partial charge in [-0.1, -0.05) is 18.6 Å². The third kappa shape index (κ3) is 2.53. The molecule has 1 aliphatic heterocycles. The molecule has 1 aliphatic rings. The molecule has 1 aromatic carbocycles. The molecule has 1 saturated heterocycles. The van der Waals surface area contributed by atoms with Gasteiger partial charge in [0.2, 0.25) is 0 Å². The molecule has 102 valence electrons. The predicted octanol–water partition coefficient (Wildman–Crippen LogP) is 2.62. The van der Waals surface area contributed by atoms with Gasteiger partial charge in [0.25, 0.3) is 0 Å². The Hall–Kier alpha value is -1.32. The van der Waals surface area contributed by atoms with Gasteiger partial charge in [-0.15, -0.1) is 0 Å². The Bertz CT molecular complexity index is 565. The van der Waals surface area contributed by atoms with Crippen molar-refractivity contribution in [3.05, 3.63) is 35.5 Å². The van der Waals surface area contributed by atoms with Crippen molar-refractivity contribution in [3.8, 4) is 0 Å². The van der Waals surface area contributed by atoms with Gasteiger partial charge in [0.15, 0.2) is 0 Å². The summed E-state index contributed by atoms with van der Waals surface area (Å²) < 4.78 is 2.32. The number of aryl methyl sites for hydroxylation is 1. The van der Waals surface area contributed by atoms with Crippen molar-refractivity contribution in [3.63, 3.8) is 0 Å². The largest absolute Gasteiger partial charge is 0.346 e. The van der Waals surface area contributed by atoms with Crippen LogP contribution in [0.5, 0.6) is 0 Å². The lowest BCUT2D eigenvalue weighted by atomic mass is 10.1. The average molecular weight is 257 g/mol. The minimum Gasteiger partial charge on any atom is -0.346 e. The zero-order chi connectivity index (χ0) is 13.2. The van der Waals surface area contributed by atoms with Crippen LogP contribution in [0.4, 0.5) is 0 Å². The monoisotopic (exact) mass is 257 g/mol. The summed E-state index contributed by atoms with van der Waals surface area (Å²) in [4.78, 5) is 2.57. The number of aromatic nitrogens is 1. The molecule has 3 nitrogen and oxygen atoms in total. The number of likely N-dealkylation sites (tertiary alicyclic amines) is 1. The van der Waals surface area contributed by atoms with Crippen molar-refractivity contribution >= 4 is 10.9 Å². The van der Waals surface area contributed by atoms with Gasteiger partial charge in [-0.3, -0.25) is 4.90 Å². The van der Waals surface area contributed by atoms with Gasteiger partial charge in [-0.25, -0.2) is 0 Å². The summed E-state index contributed by atoms with van der Waals surface area (Å²) in [7, 11) is 2.17. The number of benzene rings is 1. The first kappa shape index (κ1) is 12.7. The number of nitrogens with two attached hydrogens (primary N) is 1. The van der Waals surface area contributed by atoms with Crippen LogP contribution in [-0.2, 0) is 20.1 Å². The Kier molecular flexibility index (Phi) is 3.58. The highest BCUT2D eigenvalue weighted by molar-refractivity contribution is 5.82. The van der Waals surface area contributed by atoms with E-state index in [2.05, 4.69) is 40.8 Å². The summed E-state index contributed by atoms with van der Waals surface area (Å²) in [5.74, 6) is 0. The van der Waals surface area contributed by atoms with Crippen molar-refractivity contribution in [1.29, 1.82) is 0 Å². The van der Waals surface area contributed by atoms with Gasteiger partial charge in [0.1, 0.15) is 0 Å².